The largest absolute Gasteiger partial charge is 0.346 e. The van der Waals surface area contributed by atoms with E-state index in [0.29, 0.717) is 12.0 Å². The van der Waals surface area contributed by atoms with Gasteiger partial charge in [0.15, 0.2) is 5.13 Å². The van der Waals surface area contributed by atoms with Crippen LogP contribution >= 0.6 is 11.3 Å². The normalized spacial score (nSPS) is 17.8. The van der Waals surface area contributed by atoms with Crippen molar-refractivity contribution in [3.63, 3.8) is 0 Å². The third kappa shape index (κ3) is 2.96. The van der Waals surface area contributed by atoms with Gasteiger partial charge >= 0.3 is 0 Å². The summed E-state index contributed by atoms with van der Waals surface area (Å²) in [7, 11) is 0. The van der Waals surface area contributed by atoms with Gasteiger partial charge in [-0.05, 0) is 17.9 Å². The van der Waals surface area contributed by atoms with E-state index in [1.807, 2.05) is 12.5 Å². The quantitative estimate of drug-likeness (QED) is 0.698. The van der Waals surface area contributed by atoms with Gasteiger partial charge in [-0.3, -0.25) is 0 Å². The minimum Gasteiger partial charge on any atom is -0.346 e. The van der Waals surface area contributed by atoms with Crippen LogP contribution in [0.25, 0.3) is 11.3 Å². The van der Waals surface area contributed by atoms with Crippen molar-refractivity contribution < 1.29 is 0 Å². The first-order valence-corrected chi connectivity index (χ1v) is 9.37. The van der Waals surface area contributed by atoms with Gasteiger partial charge in [-0.1, -0.05) is 38.1 Å². The lowest BCUT2D eigenvalue weighted by Crippen LogP contribution is -2.20. The van der Waals surface area contributed by atoms with Crippen LogP contribution in [-0.2, 0) is 0 Å². The smallest absolute Gasteiger partial charge is 0.185 e. The Hall–Kier alpha value is -2.14. The summed E-state index contributed by atoms with van der Waals surface area (Å²) in [5.41, 5.74) is 3.65. The number of hydrogen-bond donors (Lipinski definition) is 0. The number of thiazole rings is 1. The highest BCUT2D eigenvalue weighted by Gasteiger charge is 2.25. The van der Waals surface area contributed by atoms with E-state index in [-0.39, 0.29) is 0 Å². The van der Waals surface area contributed by atoms with Crippen LogP contribution in [0, 0.1) is 0 Å². The molecule has 2 aromatic heterocycles. The van der Waals surface area contributed by atoms with Crippen LogP contribution < -0.4 is 4.90 Å². The second-order valence-corrected chi connectivity index (χ2v) is 7.53. The summed E-state index contributed by atoms with van der Waals surface area (Å²) in [4.78, 5) is 11.4. The topological polar surface area (TPSA) is 34.0 Å². The molecule has 3 heterocycles. The lowest BCUT2D eigenvalue weighted by molar-refractivity contribution is 0.551. The van der Waals surface area contributed by atoms with Crippen LogP contribution in [0.4, 0.5) is 5.13 Å². The fourth-order valence-electron chi connectivity index (χ4n) is 3.23. The number of nitrogens with zero attached hydrogens (tertiary/aromatic N) is 4. The molecule has 1 fully saturated rings. The Kier molecular flexibility index (Phi) is 4.10. The number of rotatable bonds is 4. The minimum atomic E-state index is 0.505. The first-order valence-electron chi connectivity index (χ1n) is 8.49. The molecule has 1 aliphatic heterocycles. The van der Waals surface area contributed by atoms with E-state index in [1.54, 1.807) is 11.3 Å². The Morgan fingerprint density at radius 3 is 2.75 bits per heavy atom. The molecule has 0 N–H and O–H groups in total. The van der Waals surface area contributed by atoms with Crippen molar-refractivity contribution >= 4 is 16.5 Å². The van der Waals surface area contributed by atoms with Gasteiger partial charge in [0.1, 0.15) is 0 Å². The van der Waals surface area contributed by atoms with Crippen LogP contribution in [0.1, 0.15) is 37.8 Å². The third-order valence-electron chi connectivity index (χ3n) is 4.75. The molecule has 1 aliphatic rings. The predicted octanol–water partition coefficient (Wildman–Crippen LogP) is 4.58. The summed E-state index contributed by atoms with van der Waals surface area (Å²) in [5.74, 6) is 0.565. The molecule has 3 aromatic rings. The Bertz CT molecular complexity index is 789. The van der Waals surface area contributed by atoms with Gasteiger partial charge in [0.05, 0.1) is 18.1 Å². The van der Waals surface area contributed by atoms with E-state index in [4.69, 9.17) is 4.98 Å². The molecule has 124 valence electrons. The predicted molar refractivity (Wildman–Crippen MR) is 99.7 cm³/mol. The van der Waals surface area contributed by atoms with Gasteiger partial charge in [-0.2, -0.15) is 0 Å². The number of benzene rings is 1. The monoisotopic (exact) mass is 338 g/mol. The molecule has 0 aliphatic carbocycles. The first kappa shape index (κ1) is 15.4. The number of imidazole rings is 1. The fourth-order valence-corrected chi connectivity index (χ4v) is 4.10. The first-order chi connectivity index (χ1) is 11.7. The van der Waals surface area contributed by atoms with Crippen molar-refractivity contribution in [2.75, 3.05) is 18.0 Å². The molecule has 0 spiro atoms. The summed E-state index contributed by atoms with van der Waals surface area (Å²) in [6.45, 7) is 6.51. The Morgan fingerprint density at radius 1 is 1.21 bits per heavy atom. The summed E-state index contributed by atoms with van der Waals surface area (Å²) in [6, 6.07) is 9.30. The van der Waals surface area contributed by atoms with Gasteiger partial charge in [-0.25, -0.2) is 9.97 Å². The Balaban J connectivity index is 1.49. The van der Waals surface area contributed by atoms with Crippen molar-refractivity contribution in [1.29, 1.82) is 0 Å². The van der Waals surface area contributed by atoms with Crippen molar-refractivity contribution in [2.24, 2.45) is 0 Å². The highest BCUT2D eigenvalue weighted by atomic mass is 32.1. The average molecular weight is 338 g/mol. The zero-order valence-corrected chi connectivity index (χ0v) is 14.9. The highest BCUT2D eigenvalue weighted by molar-refractivity contribution is 7.14. The molecule has 1 atom stereocenters. The van der Waals surface area contributed by atoms with E-state index in [2.05, 4.69) is 64.1 Å². The second-order valence-electron chi connectivity index (χ2n) is 6.69. The van der Waals surface area contributed by atoms with Gasteiger partial charge in [-0.15, -0.1) is 11.3 Å². The van der Waals surface area contributed by atoms with Gasteiger partial charge < -0.3 is 9.47 Å². The van der Waals surface area contributed by atoms with Crippen LogP contribution in [0.2, 0.25) is 0 Å². The molecule has 1 aromatic carbocycles. The summed E-state index contributed by atoms with van der Waals surface area (Å²) in [6.07, 6.45) is 6.97. The number of anilines is 1. The van der Waals surface area contributed by atoms with E-state index in [0.717, 1.165) is 30.3 Å². The van der Waals surface area contributed by atoms with Crippen LogP contribution in [0.5, 0.6) is 0 Å². The maximum atomic E-state index is 4.87. The lowest BCUT2D eigenvalue weighted by Gasteiger charge is -2.15. The molecule has 1 saturated heterocycles. The molecule has 0 radical (unpaired) electrons. The zero-order valence-electron chi connectivity index (χ0n) is 14.1. The molecular weight excluding hydrogens is 316 g/mol. The summed E-state index contributed by atoms with van der Waals surface area (Å²) in [5, 5.41) is 3.30. The van der Waals surface area contributed by atoms with E-state index in [1.165, 1.54) is 11.1 Å². The van der Waals surface area contributed by atoms with E-state index >= 15 is 0 Å². The minimum absolute atomic E-state index is 0.505. The van der Waals surface area contributed by atoms with Crippen molar-refractivity contribution in [1.82, 2.24) is 14.5 Å². The van der Waals surface area contributed by atoms with Crippen LogP contribution in [0.3, 0.4) is 0 Å². The SMILES string of the molecule is CC(C)c1ccc(-c2csc(N3CCC(n4ccnc4)C3)n2)cc1. The highest BCUT2D eigenvalue weighted by Crippen LogP contribution is 2.32. The Labute approximate surface area is 146 Å². The second kappa shape index (κ2) is 6.40. The van der Waals surface area contributed by atoms with Crippen LogP contribution in [-0.4, -0.2) is 27.6 Å². The average Bonchev–Trinajstić information content (AvgIpc) is 3.33. The summed E-state index contributed by atoms with van der Waals surface area (Å²) < 4.78 is 2.21. The molecular formula is C19H22N4S. The molecule has 4 nitrogen and oxygen atoms in total. The van der Waals surface area contributed by atoms with Crippen molar-refractivity contribution in [2.45, 2.75) is 32.2 Å². The molecule has 24 heavy (non-hydrogen) atoms. The number of hydrogen-bond acceptors (Lipinski definition) is 4. The standard InChI is InChI=1S/C19H22N4S/c1-14(2)15-3-5-16(6-4-15)18-12-24-19(21-18)22-9-7-17(11-22)23-10-8-20-13-23/h3-6,8,10,12-14,17H,7,9,11H2,1-2H3. The zero-order chi connectivity index (χ0) is 16.5. The molecule has 1 unspecified atom stereocenters. The van der Waals surface area contributed by atoms with Crippen LogP contribution in [0.15, 0.2) is 48.4 Å². The van der Waals surface area contributed by atoms with Crippen molar-refractivity contribution in [3.05, 3.63) is 53.9 Å². The van der Waals surface area contributed by atoms with E-state index in [9.17, 15) is 0 Å². The fraction of sp³-hybridized carbons (Fsp3) is 0.368. The van der Waals surface area contributed by atoms with E-state index < -0.39 is 0 Å². The van der Waals surface area contributed by atoms with Crippen molar-refractivity contribution in [3.8, 4) is 11.3 Å². The summed E-state index contributed by atoms with van der Waals surface area (Å²) >= 11 is 1.74. The third-order valence-corrected chi connectivity index (χ3v) is 5.65. The van der Waals surface area contributed by atoms with Gasteiger partial charge in [0.25, 0.3) is 0 Å². The molecule has 0 amide bonds. The molecule has 4 rings (SSSR count). The number of aromatic nitrogens is 3. The lowest BCUT2D eigenvalue weighted by atomic mass is 10.0. The molecule has 0 saturated carbocycles. The maximum absolute atomic E-state index is 4.87. The van der Waals surface area contributed by atoms with Gasteiger partial charge in [0.2, 0.25) is 0 Å². The Morgan fingerprint density at radius 2 is 2.04 bits per heavy atom. The molecule has 0 bridgehead atoms. The van der Waals surface area contributed by atoms with Gasteiger partial charge in [0, 0.05) is 36.4 Å². The molecule has 5 heteroatoms. The maximum Gasteiger partial charge on any atom is 0.185 e.